The van der Waals surface area contributed by atoms with Crippen LogP contribution in [0.3, 0.4) is 0 Å². The van der Waals surface area contributed by atoms with Crippen LogP contribution in [0, 0.1) is 0 Å². The largest absolute Gasteiger partial charge is 0.357 e. The molecule has 0 bridgehead atoms. The summed E-state index contributed by atoms with van der Waals surface area (Å²) in [6, 6.07) is 11.3. The van der Waals surface area contributed by atoms with Gasteiger partial charge < -0.3 is 5.32 Å². The Kier molecular flexibility index (Phi) is 5.05. The van der Waals surface area contributed by atoms with E-state index in [1.807, 2.05) is 0 Å². The zero-order chi connectivity index (χ0) is 15.4. The molecule has 118 valence electrons. The van der Waals surface area contributed by atoms with Crippen molar-refractivity contribution in [2.24, 2.45) is 0 Å². The Hall–Kier alpha value is -1.46. The molecule has 2 aromatic rings. The number of hydrogen-bond acceptors (Lipinski definition) is 5. The van der Waals surface area contributed by atoms with Gasteiger partial charge in [0.15, 0.2) is 0 Å². The van der Waals surface area contributed by atoms with Gasteiger partial charge in [-0.2, -0.15) is 0 Å². The molecule has 3 rings (SSSR count). The molecule has 0 radical (unpaired) electrons. The Labute approximate surface area is 136 Å². The minimum atomic E-state index is 0.459. The zero-order valence-corrected chi connectivity index (χ0v) is 14.1. The van der Waals surface area contributed by atoms with Crippen molar-refractivity contribution in [2.45, 2.75) is 45.2 Å². The van der Waals surface area contributed by atoms with E-state index in [4.69, 9.17) is 0 Å². The van der Waals surface area contributed by atoms with Crippen LogP contribution in [0.15, 0.2) is 30.3 Å². The van der Waals surface area contributed by atoms with Crippen LogP contribution in [0.1, 0.15) is 43.2 Å². The van der Waals surface area contributed by atoms with Gasteiger partial charge >= 0.3 is 0 Å². The number of nitrogens with one attached hydrogen (secondary N) is 1. The zero-order valence-electron chi connectivity index (χ0n) is 13.3. The molecule has 4 nitrogen and oxygen atoms in total. The van der Waals surface area contributed by atoms with Crippen molar-refractivity contribution in [2.75, 3.05) is 18.4 Å². The van der Waals surface area contributed by atoms with E-state index >= 15 is 0 Å². The molecule has 0 aliphatic carbocycles. The van der Waals surface area contributed by atoms with E-state index in [0.29, 0.717) is 12.0 Å². The summed E-state index contributed by atoms with van der Waals surface area (Å²) in [4.78, 5) is 2.53. The number of rotatable bonds is 5. The smallest absolute Gasteiger partial charge is 0.205 e. The average molecular weight is 316 g/mol. The minimum absolute atomic E-state index is 0.459. The van der Waals surface area contributed by atoms with Gasteiger partial charge in [-0.05, 0) is 18.4 Å². The first-order valence-corrected chi connectivity index (χ1v) is 8.88. The molecular weight excluding hydrogens is 292 g/mol. The lowest BCUT2D eigenvalue weighted by molar-refractivity contribution is 0.211. The summed E-state index contributed by atoms with van der Waals surface area (Å²) in [6.45, 7) is 7.66. The molecule has 1 fully saturated rings. The monoisotopic (exact) mass is 316 g/mol. The molecule has 1 aromatic heterocycles. The van der Waals surface area contributed by atoms with Gasteiger partial charge in [0.05, 0.1) is 0 Å². The fourth-order valence-electron chi connectivity index (χ4n) is 2.78. The number of hydrogen-bond donors (Lipinski definition) is 1. The van der Waals surface area contributed by atoms with Crippen molar-refractivity contribution in [3.63, 3.8) is 0 Å². The van der Waals surface area contributed by atoms with Crippen LogP contribution < -0.4 is 5.32 Å². The maximum atomic E-state index is 4.26. The van der Waals surface area contributed by atoms with Crippen LogP contribution in [-0.4, -0.2) is 34.2 Å². The van der Waals surface area contributed by atoms with Crippen LogP contribution in [0.4, 0.5) is 5.13 Å². The van der Waals surface area contributed by atoms with Gasteiger partial charge in [-0.1, -0.05) is 55.5 Å². The Morgan fingerprint density at radius 3 is 2.55 bits per heavy atom. The number of nitrogens with zero attached hydrogens (tertiary/aromatic N) is 3. The molecule has 22 heavy (non-hydrogen) atoms. The van der Waals surface area contributed by atoms with Crippen molar-refractivity contribution >= 4 is 16.5 Å². The van der Waals surface area contributed by atoms with E-state index in [0.717, 1.165) is 29.8 Å². The molecule has 0 saturated carbocycles. The van der Waals surface area contributed by atoms with Gasteiger partial charge in [0.2, 0.25) is 5.13 Å². The second-order valence-electron chi connectivity index (χ2n) is 6.28. The second kappa shape index (κ2) is 7.20. The summed E-state index contributed by atoms with van der Waals surface area (Å²) in [7, 11) is 0. The van der Waals surface area contributed by atoms with Crippen LogP contribution in [0.5, 0.6) is 0 Å². The number of aromatic nitrogens is 2. The summed E-state index contributed by atoms with van der Waals surface area (Å²) < 4.78 is 0. The lowest BCUT2D eigenvalue weighted by Crippen LogP contribution is -2.38. The summed E-state index contributed by atoms with van der Waals surface area (Å²) in [5.41, 5.74) is 1.40. The summed E-state index contributed by atoms with van der Waals surface area (Å²) in [6.07, 6.45) is 2.34. The van der Waals surface area contributed by atoms with E-state index in [-0.39, 0.29) is 0 Å². The predicted octanol–water partition coefficient (Wildman–Crippen LogP) is 3.74. The Morgan fingerprint density at radius 2 is 1.91 bits per heavy atom. The van der Waals surface area contributed by atoms with Crippen LogP contribution in [-0.2, 0) is 6.54 Å². The number of anilines is 1. The average Bonchev–Trinajstić information content (AvgIpc) is 2.99. The molecule has 0 amide bonds. The van der Waals surface area contributed by atoms with Crippen molar-refractivity contribution in [1.82, 2.24) is 15.1 Å². The first kappa shape index (κ1) is 15.4. The van der Waals surface area contributed by atoms with Crippen LogP contribution >= 0.6 is 11.3 Å². The molecule has 0 unspecified atom stereocenters. The maximum Gasteiger partial charge on any atom is 0.205 e. The Morgan fingerprint density at radius 1 is 1.18 bits per heavy atom. The molecule has 5 heteroatoms. The lowest BCUT2D eigenvalue weighted by atomic mass is 10.0. The highest BCUT2D eigenvalue weighted by molar-refractivity contribution is 7.15. The quantitative estimate of drug-likeness (QED) is 0.912. The number of likely N-dealkylation sites (tertiary alicyclic amines) is 1. The van der Waals surface area contributed by atoms with Crippen molar-refractivity contribution in [1.29, 1.82) is 0 Å². The Balaban J connectivity index is 1.47. The van der Waals surface area contributed by atoms with Crippen molar-refractivity contribution < 1.29 is 0 Å². The van der Waals surface area contributed by atoms with Gasteiger partial charge in [0.25, 0.3) is 0 Å². The first-order valence-electron chi connectivity index (χ1n) is 8.07. The highest BCUT2D eigenvalue weighted by Crippen LogP contribution is 2.25. The molecule has 1 N–H and O–H groups in total. The molecular formula is C17H24N4S. The third-order valence-electron chi connectivity index (χ3n) is 4.10. The van der Waals surface area contributed by atoms with Crippen molar-refractivity contribution in [3.05, 3.63) is 40.9 Å². The van der Waals surface area contributed by atoms with Crippen LogP contribution in [0.25, 0.3) is 0 Å². The van der Waals surface area contributed by atoms with Gasteiger partial charge in [0, 0.05) is 31.6 Å². The third-order valence-corrected chi connectivity index (χ3v) is 5.25. The SMILES string of the molecule is CC(C)c1nnc(NC2CCN(Cc3ccccc3)CC2)s1. The van der Waals surface area contributed by atoms with E-state index in [9.17, 15) is 0 Å². The minimum Gasteiger partial charge on any atom is -0.357 e. The van der Waals surface area contributed by atoms with Gasteiger partial charge in [0.1, 0.15) is 5.01 Å². The lowest BCUT2D eigenvalue weighted by Gasteiger charge is -2.32. The molecule has 1 aliphatic heterocycles. The molecule has 0 atom stereocenters. The number of piperidine rings is 1. The highest BCUT2D eigenvalue weighted by atomic mass is 32.1. The van der Waals surface area contributed by atoms with Crippen molar-refractivity contribution in [3.8, 4) is 0 Å². The Bertz CT molecular complexity index is 573. The third kappa shape index (κ3) is 4.05. The summed E-state index contributed by atoms with van der Waals surface area (Å²) in [5.74, 6) is 0.459. The number of benzene rings is 1. The second-order valence-corrected chi connectivity index (χ2v) is 7.29. The summed E-state index contributed by atoms with van der Waals surface area (Å²) >= 11 is 1.69. The van der Waals surface area contributed by atoms with Gasteiger partial charge in [-0.25, -0.2) is 0 Å². The predicted molar refractivity (Wildman–Crippen MR) is 92.4 cm³/mol. The van der Waals surface area contributed by atoms with Gasteiger partial charge in [-0.3, -0.25) is 4.90 Å². The molecule has 2 heterocycles. The topological polar surface area (TPSA) is 41.1 Å². The highest BCUT2D eigenvalue weighted by Gasteiger charge is 2.20. The molecule has 1 aromatic carbocycles. The van der Waals surface area contributed by atoms with E-state index in [1.54, 1.807) is 11.3 Å². The molecule has 0 spiro atoms. The normalized spacial score (nSPS) is 17.0. The maximum absolute atomic E-state index is 4.26. The molecule has 1 saturated heterocycles. The standard InChI is InChI=1S/C17H24N4S/c1-13(2)16-19-20-17(22-16)18-15-8-10-21(11-9-15)12-14-6-4-3-5-7-14/h3-7,13,15H,8-12H2,1-2H3,(H,18,20). The summed E-state index contributed by atoms with van der Waals surface area (Å²) in [5, 5.41) is 14.2. The van der Waals surface area contributed by atoms with Crippen LogP contribution in [0.2, 0.25) is 0 Å². The van der Waals surface area contributed by atoms with E-state index in [1.165, 1.54) is 18.4 Å². The first-order chi connectivity index (χ1) is 10.7. The van der Waals surface area contributed by atoms with Gasteiger partial charge in [-0.15, -0.1) is 10.2 Å². The molecule has 1 aliphatic rings. The van der Waals surface area contributed by atoms with E-state index in [2.05, 4.69) is 64.6 Å². The van der Waals surface area contributed by atoms with E-state index < -0.39 is 0 Å². The fourth-order valence-corrected chi connectivity index (χ4v) is 3.60. The fraction of sp³-hybridized carbons (Fsp3) is 0.529.